The Balaban J connectivity index is 1.70. The highest BCUT2D eigenvalue weighted by Gasteiger charge is 2.25. The quantitative estimate of drug-likeness (QED) is 0.581. The van der Waals surface area contributed by atoms with Crippen molar-refractivity contribution in [2.45, 2.75) is 32.7 Å². The number of carbonyl (C=O) groups excluding carboxylic acids is 1. The predicted octanol–water partition coefficient (Wildman–Crippen LogP) is 2.47. The smallest absolute Gasteiger partial charge is 0.256 e. The fourth-order valence-electron chi connectivity index (χ4n) is 3.49. The lowest BCUT2D eigenvalue weighted by atomic mass is 10.1. The van der Waals surface area contributed by atoms with Crippen molar-refractivity contribution in [2.75, 3.05) is 19.5 Å². The number of carbonyl (C=O) groups is 1. The number of halogens is 1. The van der Waals surface area contributed by atoms with Crippen LogP contribution in [-0.4, -0.2) is 50.7 Å². The molecular weight excluding hydrogens is 452 g/mol. The second kappa shape index (κ2) is 8.58. The zero-order valence-corrected chi connectivity index (χ0v) is 18.2. The van der Waals surface area contributed by atoms with Crippen molar-refractivity contribution in [1.29, 1.82) is 0 Å². The van der Waals surface area contributed by atoms with Crippen molar-refractivity contribution in [3.63, 3.8) is 0 Å². The van der Waals surface area contributed by atoms with Gasteiger partial charge in [-0.25, -0.2) is 9.97 Å². The van der Waals surface area contributed by atoms with Gasteiger partial charge in [-0.3, -0.25) is 4.79 Å². The van der Waals surface area contributed by atoms with E-state index in [-0.39, 0.29) is 11.9 Å². The fraction of sp³-hybridized carbons (Fsp3) is 0.350. The Morgan fingerprint density at radius 1 is 1.33 bits per heavy atom. The number of anilines is 1. The number of hydrogen-bond donors (Lipinski definition) is 1. The molecule has 0 radical (unpaired) electrons. The minimum absolute atomic E-state index is 0.178. The van der Waals surface area contributed by atoms with E-state index in [2.05, 4.69) is 36.1 Å². The van der Waals surface area contributed by atoms with Gasteiger partial charge in [0.05, 0.1) is 43.7 Å². The number of hydrogen-bond acceptors (Lipinski definition) is 8. The number of nitrogen functional groups attached to an aromatic ring is 1. The first-order valence-corrected chi connectivity index (χ1v) is 10.2. The van der Waals surface area contributed by atoms with Crippen LogP contribution in [0, 0.1) is 0 Å². The van der Waals surface area contributed by atoms with Crippen LogP contribution < -0.4 is 5.73 Å². The third-order valence-corrected chi connectivity index (χ3v) is 5.47. The second-order valence-electron chi connectivity index (χ2n) is 7.13. The molecule has 0 aromatic carbocycles. The van der Waals surface area contributed by atoms with Crippen LogP contribution in [0.3, 0.4) is 0 Å². The molecule has 10 heteroatoms. The predicted molar refractivity (Wildman–Crippen MR) is 113 cm³/mol. The van der Waals surface area contributed by atoms with Crippen LogP contribution in [-0.2, 0) is 29.2 Å². The van der Waals surface area contributed by atoms with Crippen LogP contribution >= 0.6 is 15.9 Å². The molecule has 0 saturated carbocycles. The van der Waals surface area contributed by atoms with Crippen molar-refractivity contribution in [1.82, 2.24) is 25.1 Å². The van der Waals surface area contributed by atoms with Gasteiger partial charge in [0, 0.05) is 24.3 Å². The Kier molecular flexibility index (Phi) is 5.89. The molecule has 9 nitrogen and oxygen atoms in total. The molecule has 0 fully saturated rings. The number of fused-ring (bicyclic) bond motifs is 3. The van der Waals surface area contributed by atoms with Crippen LogP contribution in [0.4, 0.5) is 5.82 Å². The Hall–Kier alpha value is -2.69. The SMILES string of the molecule is COC[C@@H](C)N(Cc1ccc(Br)nn1)C(=O)c1cnc2nc(N)c3c(c2c1)COC3. The van der Waals surface area contributed by atoms with E-state index in [1.165, 1.54) is 6.20 Å². The van der Waals surface area contributed by atoms with Crippen molar-refractivity contribution in [3.05, 3.63) is 51.4 Å². The topological polar surface area (TPSA) is 116 Å². The lowest BCUT2D eigenvalue weighted by Gasteiger charge is -2.28. The van der Waals surface area contributed by atoms with Gasteiger partial charge in [0.25, 0.3) is 5.91 Å². The summed E-state index contributed by atoms with van der Waals surface area (Å²) < 4.78 is 11.4. The Bertz CT molecular complexity index is 1090. The van der Waals surface area contributed by atoms with E-state index in [0.717, 1.165) is 16.5 Å². The molecule has 1 aliphatic heterocycles. The molecule has 4 rings (SSSR count). The van der Waals surface area contributed by atoms with Crippen LogP contribution in [0.1, 0.15) is 34.1 Å². The summed E-state index contributed by atoms with van der Waals surface area (Å²) in [7, 11) is 1.61. The minimum atomic E-state index is -0.178. The average molecular weight is 473 g/mol. The first kappa shape index (κ1) is 20.6. The molecule has 2 N–H and O–H groups in total. The van der Waals surface area contributed by atoms with Crippen molar-refractivity contribution in [2.24, 2.45) is 0 Å². The molecule has 1 amide bonds. The lowest BCUT2D eigenvalue weighted by Crippen LogP contribution is -2.41. The first-order chi connectivity index (χ1) is 14.5. The Morgan fingerprint density at radius 2 is 2.13 bits per heavy atom. The summed E-state index contributed by atoms with van der Waals surface area (Å²) in [6.45, 7) is 3.45. The molecule has 3 aromatic heterocycles. The third kappa shape index (κ3) is 3.98. The lowest BCUT2D eigenvalue weighted by molar-refractivity contribution is 0.0537. The summed E-state index contributed by atoms with van der Waals surface area (Å²) in [5.41, 5.74) is 9.45. The summed E-state index contributed by atoms with van der Waals surface area (Å²) in [5.74, 6) is 0.244. The van der Waals surface area contributed by atoms with E-state index in [1.807, 2.05) is 19.1 Å². The van der Waals surface area contributed by atoms with Gasteiger partial charge in [-0.05, 0) is 46.6 Å². The van der Waals surface area contributed by atoms with Crippen molar-refractivity contribution in [3.8, 4) is 0 Å². The number of nitrogens with zero attached hydrogens (tertiary/aromatic N) is 5. The Morgan fingerprint density at radius 3 is 2.87 bits per heavy atom. The van der Waals surface area contributed by atoms with Crippen LogP contribution in [0.5, 0.6) is 0 Å². The summed E-state index contributed by atoms with van der Waals surface area (Å²) in [6.07, 6.45) is 1.53. The molecule has 0 aliphatic carbocycles. The maximum atomic E-state index is 13.4. The molecule has 0 bridgehead atoms. The van der Waals surface area contributed by atoms with E-state index < -0.39 is 0 Å². The molecule has 1 atom stereocenters. The number of rotatable bonds is 6. The van der Waals surface area contributed by atoms with Crippen LogP contribution in [0.2, 0.25) is 0 Å². The summed E-state index contributed by atoms with van der Waals surface area (Å²) in [4.78, 5) is 23.9. The molecular formula is C20H21BrN6O3. The highest BCUT2D eigenvalue weighted by atomic mass is 79.9. The van der Waals surface area contributed by atoms with E-state index in [4.69, 9.17) is 15.2 Å². The molecule has 0 unspecified atom stereocenters. The summed E-state index contributed by atoms with van der Waals surface area (Å²) in [6, 6.07) is 5.25. The van der Waals surface area contributed by atoms with Gasteiger partial charge in [0.2, 0.25) is 0 Å². The molecule has 156 valence electrons. The Labute approximate surface area is 181 Å². The first-order valence-electron chi connectivity index (χ1n) is 9.40. The highest BCUT2D eigenvalue weighted by Crippen LogP contribution is 2.31. The highest BCUT2D eigenvalue weighted by molar-refractivity contribution is 9.10. The van der Waals surface area contributed by atoms with Gasteiger partial charge >= 0.3 is 0 Å². The van der Waals surface area contributed by atoms with Crippen LogP contribution in [0.25, 0.3) is 11.0 Å². The van der Waals surface area contributed by atoms with Crippen molar-refractivity contribution < 1.29 is 14.3 Å². The van der Waals surface area contributed by atoms with Gasteiger partial charge in [-0.2, -0.15) is 5.10 Å². The number of nitrogens with two attached hydrogens (primary N) is 1. The van der Waals surface area contributed by atoms with Crippen molar-refractivity contribution >= 4 is 38.7 Å². The monoisotopic (exact) mass is 472 g/mol. The van der Waals surface area contributed by atoms with E-state index in [1.54, 1.807) is 18.1 Å². The second-order valence-corrected chi connectivity index (χ2v) is 7.94. The van der Waals surface area contributed by atoms with Gasteiger partial charge in [-0.15, -0.1) is 5.10 Å². The zero-order valence-electron chi connectivity index (χ0n) is 16.6. The standard InChI is InChI=1S/C20H21BrN6O3/c1-11(8-29-2)27(7-13-3-4-17(21)26-25-13)20(28)12-5-14-15-9-30-10-16(15)18(22)24-19(14)23-6-12/h3-6,11H,7-10H2,1-2H3,(H2,22,23,24)/t11-/m1/s1. The molecule has 4 heterocycles. The zero-order chi connectivity index (χ0) is 21.3. The van der Waals surface area contributed by atoms with Crippen LogP contribution in [0.15, 0.2) is 29.0 Å². The number of aromatic nitrogens is 4. The minimum Gasteiger partial charge on any atom is -0.383 e. The number of amides is 1. The normalized spacial score (nSPS) is 14.0. The third-order valence-electron chi connectivity index (χ3n) is 5.05. The number of pyridine rings is 2. The number of methoxy groups -OCH3 is 1. The van der Waals surface area contributed by atoms with Gasteiger partial charge in [0.15, 0.2) is 5.65 Å². The van der Waals surface area contributed by atoms with Gasteiger partial charge < -0.3 is 20.1 Å². The van der Waals surface area contributed by atoms with E-state index in [0.29, 0.717) is 53.7 Å². The van der Waals surface area contributed by atoms with Gasteiger partial charge in [-0.1, -0.05) is 0 Å². The largest absolute Gasteiger partial charge is 0.383 e. The molecule has 3 aromatic rings. The van der Waals surface area contributed by atoms with E-state index >= 15 is 0 Å². The number of ether oxygens (including phenoxy) is 2. The molecule has 0 saturated heterocycles. The van der Waals surface area contributed by atoms with E-state index in [9.17, 15) is 4.79 Å². The maximum Gasteiger partial charge on any atom is 0.256 e. The molecule has 1 aliphatic rings. The maximum absolute atomic E-state index is 13.4. The fourth-order valence-corrected chi connectivity index (χ4v) is 3.70. The summed E-state index contributed by atoms with van der Waals surface area (Å²) >= 11 is 3.28. The van der Waals surface area contributed by atoms with Gasteiger partial charge in [0.1, 0.15) is 10.4 Å². The average Bonchev–Trinajstić information content (AvgIpc) is 3.24. The molecule has 0 spiro atoms. The summed E-state index contributed by atoms with van der Waals surface area (Å²) in [5, 5.41) is 8.95. The molecule has 30 heavy (non-hydrogen) atoms.